The van der Waals surface area contributed by atoms with Crippen molar-refractivity contribution < 1.29 is 14.3 Å². The number of carbonyl (C=O) groups excluding carboxylic acids is 1. The molecule has 4 nitrogen and oxygen atoms in total. The molecule has 0 amide bonds. The Labute approximate surface area is 140 Å². The number of pyridine rings is 1. The molecule has 0 spiro atoms. The predicted molar refractivity (Wildman–Crippen MR) is 91.8 cm³/mol. The summed E-state index contributed by atoms with van der Waals surface area (Å²) in [6, 6.07) is 18.9. The van der Waals surface area contributed by atoms with Crippen molar-refractivity contribution in [3.8, 4) is 16.9 Å². The van der Waals surface area contributed by atoms with Crippen molar-refractivity contribution in [1.29, 1.82) is 0 Å². The summed E-state index contributed by atoms with van der Waals surface area (Å²) in [6.07, 6.45) is 3.49. The molecule has 0 unspecified atom stereocenters. The largest absolute Gasteiger partial charge is 0.489 e. The average molecular weight is 319 g/mol. The van der Waals surface area contributed by atoms with Crippen molar-refractivity contribution in [3.05, 3.63) is 84.2 Å². The Kier molecular flexibility index (Phi) is 4.87. The van der Waals surface area contributed by atoms with Gasteiger partial charge in [0.05, 0.1) is 12.7 Å². The van der Waals surface area contributed by atoms with Gasteiger partial charge in [0, 0.05) is 18.0 Å². The molecular weight excluding hydrogens is 302 g/mol. The number of esters is 1. The number of aromatic nitrogens is 1. The first-order chi connectivity index (χ1) is 11.8. The number of rotatable bonds is 5. The first kappa shape index (κ1) is 15.7. The minimum absolute atomic E-state index is 0.368. The molecule has 0 radical (unpaired) electrons. The van der Waals surface area contributed by atoms with Crippen LogP contribution in [-0.2, 0) is 11.3 Å². The van der Waals surface area contributed by atoms with Gasteiger partial charge in [-0.25, -0.2) is 4.79 Å². The summed E-state index contributed by atoms with van der Waals surface area (Å²) < 4.78 is 10.7. The van der Waals surface area contributed by atoms with E-state index < -0.39 is 0 Å². The number of benzene rings is 2. The summed E-state index contributed by atoms with van der Waals surface area (Å²) in [5.74, 6) is 0.318. The lowest BCUT2D eigenvalue weighted by Gasteiger charge is -2.12. The summed E-state index contributed by atoms with van der Waals surface area (Å²) in [6.45, 7) is 0.416. The number of nitrogens with zero attached hydrogens (tertiary/aromatic N) is 1. The topological polar surface area (TPSA) is 48.4 Å². The molecule has 120 valence electrons. The summed E-state index contributed by atoms with van der Waals surface area (Å²) in [5.41, 5.74) is 3.21. The molecule has 0 atom stereocenters. The quantitative estimate of drug-likeness (QED) is 0.664. The van der Waals surface area contributed by atoms with E-state index in [-0.39, 0.29) is 5.97 Å². The van der Waals surface area contributed by atoms with Crippen LogP contribution in [0.5, 0.6) is 5.75 Å². The molecule has 1 aromatic heterocycles. The van der Waals surface area contributed by atoms with Crippen LogP contribution in [0.25, 0.3) is 11.1 Å². The van der Waals surface area contributed by atoms with Gasteiger partial charge in [0.1, 0.15) is 12.4 Å². The zero-order chi connectivity index (χ0) is 16.8. The lowest BCUT2D eigenvalue weighted by molar-refractivity contribution is 0.0601. The van der Waals surface area contributed by atoms with Crippen molar-refractivity contribution in [3.63, 3.8) is 0 Å². The molecule has 1 heterocycles. The number of methoxy groups -OCH3 is 1. The smallest absolute Gasteiger partial charge is 0.338 e. The van der Waals surface area contributed by atoms with Gasteiger partial charge < -0.3 is 9.47 Å². The normalized spacial score (nSPS) is 10.2. The molecule has 0 saturated heterocycles. The third kappa shape index (κ3) is 3.60. The van der Waals surface area contributed by atoms with E-state index in [0.717, 1.165) is 16.7 Å². The SMILES string of the molecule is COC(=O)c1ccc(OCc2cccnc2)cc1-c1ccccc1. The maximum atomic E-state index is 12.0. The van der Waals surface area contributed by atoms with Crippen LogP contribution in [-0.4, -0.2) is 18.1 Å². The number of ether oxygens (including phenoxy) is 2. The molecule has 0 N–H and O–H groups in total. The molecule has 0 bridgehead atoms. The summed E-state index contributed by atoms with van der Waals surface area (Å²) in [4.78, 5) is 16.1. The van der Waals surface area contributed by atoms with E-state index in [1.54, 1.807) is 24.5 Å². The van der Waals surface area contributed by atoms with Crippen molar-refractivity contribution in [2.75, 3.05) is 7.11 Å². The van der Waals surface area contributed by atoms with Crippen molar-refractivity contribution in [2.24, 2.45) is 0 Å². The maximum absolute atomic E-state index is 12.0. The molecular formula is C20H17NO3. The summed E-state index contributed by atoms with van der Waals surface area (Å²) in [5, 5.41) is 0. The fourth-order valence-electron chi connectivity index (χ4n) is 2.41. The van der Waals surface area contributed by atoms with Crippen molar-refractivity contribution >= 4 is 5.97 Å². The van der Waals surface area contributed by atoms with Gasteiger partial charge in [-0.05, 0) is 35.4 Å². The second-order valence-electron chi connectivity index (χ2n) is 5.21. The van der Waals surface area contributed by atoms with E-state index in [9.17, 15) is 4.79 Å². The first-order valence-electron chi connectivity index (χ1n) is 7.57. The second kappa shape index (κ2) is 7.42. The molecule has 24 heavy (non-hydrogen) atoms. The van der Waals surface area contributed by atoms with Gasteiger partial charge >= 0.3 is 5.97 Å². The molecule has 3 aromatic rings. The Morgan fingerprint density at radius 3 is 2.58 bits per heavy atom. The Balaban J connectivity index is 1.91. The molecule has 0 saturated carbocycles. The molecule has 4 heteroatoms. The lowest BCUT2D eigenvalue weighted by atomic mass is 9.99. The zero-order valence-corrected chi connectivity index (χ0v) is 13.3. The monoisotopic (exact) mass is 319 g/mol. The van der Waals surface area contributed by atoms with E-state index >= 15 is 0 Å². The Hall–Kier alpha value is -3.14. The maximum Gasteiger partial charge on any atom is 0.338 e. The van der Waals surface area contributed by atoms with E-state index in [4.69, 9.17) is 9.47 Å². The third-order valence-electron chi connectivity index (χ3n) is 3.61. The standard InChI is InChI=1S/C20H17NO3/c1-23-20(22)18-10-9-17(24-14-15-6-5-11-21-13-15)12-19(18)16-7-3-2-4-8-16/h2-13H,14H2,1H3. The Morgan fingerprint density at radius 1 is 1.04 bits per heavy atom. The van der Waals surface area contributed by atoms with E-state index in [2.05, 4.69) is 4.98 Å². The number of hydrogen-bond donors (Lipinski definition) is 0. The van der Waals surface area contributed by atoms with Gasteiger partial charge in [-0.2, -0.15) is 0 Å². The molecule has 2 aromatic carbocycles. The minimum Gasteiger partial charge on any atom is -0.489 e. The Bertz CT molecular complexity index is 817. The third-order valence-corrected chi connectivity index (χ3v) is 3.61. The zero-order valence-electron chi connectivity index (χ0n) is 13.3. The molecule has 0 aliphatic carbocycles. The van der Waals surface area contributed by atoms with Gasteiger partial charge in [-0.1, -0.05) is 36.4 Å². The second-order valence-corrected chi connectivity index (χ2v) is 5.21. The van der Waals surface area contributed by atoms with Crippen LogP contribution in [0.15, 0.2) is 73.1 Å². The highest BCUT2D eigenvalue weighted by Crippen LogP contribution is 2.29. The van der Waals surface area contributed by atoms with Crippen LogP contribution in [0.2, 0.25) is 0 Å². The highest BCUT2D eigenvalue weighted by Gasteiger charge is 2.14. The average Bonchev–Trinajstić information content (AvgIpc) is 2.67. The van der Waals surface area contributed by atoms with Crippen molar-refractivity contribution in [2.45, 2.75) is 6.61 Å². The van der Waals surface area contributed by atoms with Crippen LogP contribution >= 0.6 is 0 Å². The summed E-state index contributed by atoms with van der Waals surface area (Å²) >= 11 is 0. The van der Waals surface area contributed by atoms with E-state index in [1.165, 1.54) is 7.11 Å². The molecule has 0 aliphatic heterocycles. The van der Waals surface area contributed by atoms with Gasteiger partial charge in [-0.3, -0.25) is 4.98 Å². The van der Waals surface area contributed by atoms with Crippen molar-refractivity contribution in [1.82, 2.24) is 4.98 Å². The van der Waals surface area contributed by atoms with Crippen LogP contribution in [0.3, 0.4) is 0 Å². The van der Waals surface area contributed by atoms with Crippen LogP contribution in [0.1, 0.15) is 15.9 Å². The van der Waals surface area contributed by atoms with E-state index in [1.807, 2.05) is 48.5 Å². The predicted octanol–water partition coefficient (Wildman–Crippen LogP) is 4.11. The van der Waals surface area contributed by atoms with E-state index in [0.29, 0.717) is 17.9 Å². The Morgan fingerprint density at radius 2 is 1.88 bits per heavy atom. The van der Waals surface area contributed by atoms with Gasteiger partial charge in [-0.15, -0.1) is 0 Å². The number of hydrogen-bond acceptors (Lipinski definition) is 4. The lowest BCUT2D eigenvalue weighted by Crippen LogP contribution is -2.04. The first-order valence-corrected chi connectivity index (χ1v) is 7.57. The minimum atomic E-state index is -0.368. The molecule has 0 aliphatic rings. The van der Waals surface area contributed by atoms with Gasteiger partial charge in [0.15, 0.2) is 0 Å². The van der Waals surface area contributed by atoms with Gasteiger partial charge in [0.2, 0.25) is 0 Å². The highest BCUT2D eigenvalue weighted by molar-refractivity contribution is 5.97. The number of carbonyl (C=O) groups is 1. The fraction of sp³-hybridized carbons (Fsp3) is 0.100. The van der Waals surface area contributed by atoms with Gasteiger partial charge in [0.25, 0.3) is 0 Å². The fourth-order valence-corrected chi connectivity index (χ4v) is 2.41. The van der Waals surface area contributed by atoms with Crippen LogP contribution in [0, 0.1) is 0 Å². The van der Waals surface area contributed by atoms with Crippen LogP contribution in [0.4, 0.5) is 0 Å². The molecule has 3 rings (SSSR count). The van der Waals surface area contributed by atoms with Crippen LogP contribution < -0.4 is 4.74 Å². The molecule has 0 fully saturated rings. The highest BCUT2D eigenvalue weighted by atomic mass is 16.5. The summed E-state index contributed by atoms with van der Waals surface area (Å²) in [7, 11) is 1.38.